The lowest BCUT2D eigenvalue weighted by molar-refractivity contribution is 0.0440. The fourth-order valence-electron chi connectivity index (χ4n) is 2.27. The number of rotatable bonds is 1. The monoisotopic (exact) mass is 177 g/mol. The molecule has 1 aliphatic rings. The summed E-state index contributed by atoms with van der Waals surface area (Å²) >= 11 is 0. The molecule has 0 radical (unpaired) electrons. The Kier molecular flexibility index (Phi) is 1.90. The van der Waals surface area contributed by atoms with E-state index in [1.54, 1.807) is 0 Å². The molecular formula is C11H15NO. The molecule has 2 heteroatoms. The van der Waals surface area contributed by atoms with Crippen LogP contribution in [0.25, 0.3) is 0 Å². The van der Waals surface area contributed by atoms with Crippen molar-refractivity contribution in [1.82, 2.24) is 0 Å². The van der Waals surface area contributed by atoms with Crippen LogP contribution < -0.4 is 5.73 Å². The van der Waals surface area contributed by atoms with E-state index in [1.807, 2.05) is 18.2 Å². The molecule has 70 valence electrons. The number of aliphatic hydroxyl groups is 1. The lowest BCUT2D eigenvalue weighted by atomic mass is 9.96. The van der Waals surface area contributed by atoms with E-state index in [2.05, 4.69) is 13.0 Å². The van der Waals surface area contributed by atoms with E-state index in [0.29, 0.717) is 12.5 Å². The molecule has 1 aliphatic carbocycles. The molecular weight excluding hydrogens is 162 g/mol. The Morgan fingerprint density at radius 1 is 1.54 bits per heavy atom. The van der Waals surface area contributed by atoms with Crippen LogP contribution in [-0.2, 0) is 5.60 Å². The average molecular weight is 177 g/mol. The zero-order valence-electron chi connectivity index (χ0n) is 7.83. The van der Waals surface area contributed by atoms with Gasteiger partial charge in [-0.1, -0.05) is 31.2 Å². The van der Waals surface area contributed by atoms with E-state index in [1.165, 1.54) is 5.56 Å². The van der Waals surface area contributed by atoms with Gasteiger partial charge in [-0.15, -0.1) is 0 Å². The van der Waals surface area contributed by atoms with Gasteiger partial charge in [0.2, 0.25) is 0 Å². The molecule has 0 bridgehead atoms. The summed E-state index contributed by atoms with van der Waals surface area (Å²) in [5.74, 6) is 0.421. The van der Waals surface area contributed by atoms with Gasteiger partial charge < -0.3 is 10.8 Å². The molecule has 2 nitrogen and oxygen atoms in total. The lowest BCUT2D eigenvalue weighted by Crippen LogP contribution is -2.32. The highest BCUT2D eigenvalue weighted by Gasteiger charge is 2.38. The maximum absolute atomic E-state index is 10.2. The van der Waals surface area contributed by atoms with Gasteiger partial charge in [0.1, 0.15) is 5.60 Å². The van der Waals surface area contributed by atoms with Gasteiger partial charge in [0, 0.05) is 6.54 Å². The summed E-state index contributed by atoms with van der Waals surface area (Å²) < 4.78 is 0. The lowest BCUT2D eigenvalue weighted by Gasteiger charge is -2.21. The molecule has 0 heterocycles. The van der Waals surface area contributed by atoms with Crippen molar-refractivity contribution < 1.29 is 5.11 Å². The minimum Gasteiger partial charge on any atom is -0.384 e. The quantitative estimate of drug-likeness (QED) is 0.680. The molecule has 2 rings (SSSR count). The number of fused-ring (bicyclic) bond motifs is 1. The third kappa shape index (κ3) is 1.18. The maximum atomic E-state index is 10.2. The Bertz CT molecular complexity index is 324. The predicted molar refractivity (Wildman–Crippen MR) is 52.4 cm³/mol. The largest absolute Gasteiger partial charge is 0.384 e. The third-order valence-electron chi connectivity index (χ3n) is 2.97. The molecule has 0 saturated carbocycles. The summed E-state index contributed by atoms with van der Waals surface area (Å²) in [6, 6.07) is 8.02. The molecule has 0 aromatic heterocycles. The van der Waals surface area contributed by atoms with E-state index in [-0.39, 0.29) is 0 Å². The molecule has 13 heavy (non-hydrogen) atoms. The Balaban J connectivity index is 2.53. The fraction of sp³-hybridized carbons (Fsp3) is 0.455. The first-order valence-electron chi connectivity index (χ1n) is 4.69. The van der Waals surface area contributed by atoms with Gasteiger partial charge in [0.25, 0.3) is 0 Å². The zero-order chi connectivity index (χ0) is 9.47. The van der Waals surface area contributed by atoms with Crippen LogP contribution in [-0.4, -0.2) is 11.7 Å². The minimum atomic E-state index is -0.782. The highest BCUT2D eigenvalue weighted by molar-refractivity contribution is 5.40. The van der Waals surface area contributed by atoms with Crippen LogP contribution in [0, 0.1) is 0 Å². The SMILES string of the molecule is C[C@H]1C[C@@](O)(CN)c2ccccc21. The molecule has 0 amide bonds. The number of hydrogen-bond acceptors (Lipinski definition) is 2. The molecule has 1 aromatic carbocycles. The van der Waals surface area contributed by atoms with E-state index < -0.39 is 5.60 Å². The van der Waals surface area contributed by atoms with Crippen molar-refractivity contribution in [1.29, 1.82) is 0 Å². The Labute approximate surface area is 78.4 Å². The molecule has 1 aromatic rings. The molecule has 0 unspecified atom stereocenters. The second kappa shape index (κ2) is 2.82. The first-order valence-corrected chi connectivity index (χ1v) is 4.69. The van der Waals surface area contributed by atoms with Gasteiger partial charge in [0.05, 0.1) is 0 Å². The Morgan fingerprint density at radius 2 is 2.23 bits per heavy atom. The molecule has 2 atom stereocenters. The minimum absolute atomic E-state index is 0.314. The Hall–Kier alpha value is -0.860. The van der Waals surface area contributed by atoms with E-state index >= 15 is 0 Å². The normalized spacial score (nSPS) is 31.8. The van der Waals surface area contributed by atoms with Crippen LogP contribution in [0.2, 0.25) is 0 Å². The van der Waals surface area contributed by atoms with Gasteiger partial charge in [0.15, 0.2) is 0 Å². The summed E-state index contributed by atoms with van der Waals surface area (Å²) in [6.07, 6.45) is 0.753. The molecule has 0 fully saturated rings. The van der Waals surface area contributed by atoms with E-state index in [0.717, 1.165) is 12.0 Å². The summed E-state index contributed by atoms with van der Waals surface area (Å²) in [5, 5.41) is 10.2. The predicted octanol–water partition coefficient (Wildman–Crippen LogP) is 1.34. The van der Waals surface area contributed by atoms with Gasteiger partial charge >= 0.3 is 0 Å². The van der Waals surface area contributed by atoms with Gasteiger partial charge in [-0.25, -0.2) is 0 Å². The van der Waals surface area contributed by atoms with Crippen LogP contribution in [0.1, 0.15) is 30.4 Å². The fourth-order valence-corrected chi connectivity index (χ4v) is 2.27. The first kappa shape index (κ1) is 8.73. The topological polar surface area (TPSA) is 46.2 Å². The van der Waals surface area contributed by atoms with Crippen molar-refractivity contribution in [2.75, 3.05) is 6.54 Å². The molecule has 0 saturated heterocycles. The zero-order valence-corrected chi connectivity index (χ0v) is 7.83. The highest BCUT2D eigenvalue weighted by Crippen LogP contribution is 2.43. The summed E-state index contributed by atoms with van der Waals surface area (Å²) in [7, 11) is 0. The Morgan fingerprint density at radius 3 is 2.92 bits per heavy atom. The highest BCUT2D eigenvalue weighted by atomic mass is 16.3. The van der Waals surface area contributed by atoms with Gasteiger partial charge in [-0.3, -0.25) is 0 Å². The second-order valence-corrected chi connectivity index (χ2v) is 3.93. The molecule has 0 spiro atoms. The van der Waals surface area contributed by atoms with Crippen molar-refractivity contribution in [3.8, 4) is 0 Å². The van der Waals surface area contributed by atoms with Crippen molar-refractivity contribution in [2.45, 2.75) is 24.9 Å². The van der Waals surface area contributed by atoms with Crippen molar-refractivity contribution in [2.24, 2.45) is 5.73 Å². The smallest absolute Gasteiger partial charge is 0.103 e. The standard InChI is InChI=1S/C11H15NO/c1-8-6-11(13,7-12)10-5-3-2-4-9(8)10/h2-5,8,13H,6-7,12H2,1H3/t8-,11+/m0/s1. The number of nitrogens with two attached hydrogens (primary N) is 1. The van der Waals surface area contributed by atoms with Crippen LogP contribution in [0.15, 0.2) is 24.3 Å². The van der Waals surface area contributed by atoms with Crippen molar-refractivity contribution in [3.63, 3.8) is 0 Å². The molecule has 0 aliphatic heterocycles. The van der Waals surface area contributed by atoms with Crippen LogP contribution >= 0.6 is 0 Å². The van der Waals surface area contributed by atoms with Crippen LogP contribution in [0.4, 0.5) is 0 Å². The summed E-state index contributed by atoms with van der Waals surface area (Å²) in [4.78, 5) is 0. The van der Waals surface area contributed by atoms with E-state index in [4.69, 9.17) is 5.73 Å². The number of hydrogen-bond donors (Lipinski definition) is 2. The van der Waals surface area contributed by atoms with Crippen LogP contribution in [0.3, 0.4) is 0 Å². The van der Waals surface area contributed by atoms with Gasteiger partial charge in [-0.2, -0.15) is 0 Å². The third-order valence-corrected chi connectivity index (χ3v) is 2.97. The van der Waals surface area contributed by atoms with Crippen molar-refractivity contribution in [3.05, 3.63) is 35.4 Å². The number of benzene rings is 1. The van der Waals surface area contributed by atoms with Crippen molar-refractivity contribution >= 4 is 0 Å². The maximum Gasteiger partial charge on any atom is 0.103 e. The summed E-state index contributed by atoms with van der Waals surface area (Å²) in [5.41, 5.74) is 7.08. The average Bonchev–Trinajstić information content (AvgIpc) is 2.42. The first-order chi connectivity index (χ1) is 6.17. The van der Waals surface area contributed by atoms with Crippen LogP contribution in [0.5, 0.6) is 0 Å². The second-order valence-electron chi connectivity index (χ2n) is 3.93. The molecule has 3 N–H and O–H groups in total. The van der Waals surface area contributed by atoms with Gasteiger partial charge in [-0.05, 0) is 23.5 Å². The van der Waals surface area contributed by atoms with E-state index in [9.17, 15) is 5.11 Å². The summed E-state index contributed by atoms with van der Waals surface area (Å²) in [6.45, 7) is 2.45.